The summed E-state index contributed by atoms with van der Waals surface area (Å²) in [6.07, 6.45) is -2.46. The lowest BCUT2D eigenvalue weighted by molar-refractivity contribution is -0.182. The Bertz CT molecular complexity index is 197. The number of halogens is 3. The van der Waals surface area contributed by atoms with Crippen molar-refractivity contribution in [3.8, 4) is 0 Å². The van der Waals surface area contributed by atoms with E-state index in [2.05, 4.69) is 4.90 Å². The number of hydrogen-bond donors (Lipinski definition) is 0. The maximum atomic E-state index is 12.5. The van der Waals surface area contributed by atoms with E-state index in [0.717, 1.165) is 25.9 Å². The summed E-state index contributed by atoms with van der Waals surface area (Å²) in [6.45, 7) is 3.01. The fourth-order valence-corrected chi connectivity index (χ4v) is 1.95. The molecule has 1 aliphatic rings. The molecule has 0 aromatic heterocycles. The Morgan fingerprint density at radius 2 is 1.73 bits per heavy atom. The molecule has 0 amide bonds. The van der Waals surface area contributed by atoms with Crippen molar-refractivity contribution in [1.29, 1.82) is 0 Å². The largest absolute Gasteiger partial charge is 0.403 e. The molecule has 1 fully saturated rings. The lowest BCUT2D eigenvalue weighted by Gasteiger charge is -2.38. The van der Waals surface area contributed by atoms with Crippen molar-refractivity contribution in [2.45, 2.75) is 38.0 Å². The summed E-state index contributed by atoms with van der Waals surface area (Å²) in [7, 11) is 3.58. The summed E-state index contributed by atoms with van der Waals surface area (Å²) >= 11 is 0. The van der Waals surface area contributed by atoms with Gasteiger partial charge in [0.15, 0.2) is 0 Å². The average Bonchev–Trinajstić information content (AvgIpc) is 2.15. The van der Waals surface area contributed by atoms with Gasteiger partial charge in [0.2, 0.25) is 0 Å². The predicted octanol–water partition coefficient (Wildman–Crippen LogP) is 1.96. The monoisotopic (exact) mass is 224 g/mol. The van der Waals surface area contributed by atoms with Crippen molar-refractivity contribution in [2.24, 2.45) is 0 Å². The van der Waals surface area contributed by atoms with Gasteiger partial charge in [0.25, 0.3) is 0 Å². The number of hydrogen-bond acceptors (Lipinski definition) is 2. The summed E-state index contributed by atoms with van der Waals surface area (Å²) < 4.78 is 37.4. The highest BCUT2D eigenvalue weighted by molar-refractivity contribution is 4.82. The molecule has 0 saturated carbocycles. The number of likely N-dealkylation sites (tertiary alicyclic amines) is 1. The molecular formula is C10H19F3N2. The van der Waals surface area contributed by atoms with Crippen LogP contribution in [-0.4, -0.2) is 55.2 Å². The molecule has 1 rings (SSSR count). The van der Waals surface area contributed by atoms with Crippen LogP contribution in [0.15, 0.2) is 0 Å². The molecule has 2 nitrogen and oxygen atoms in total. The van der Waals surface area contributed by atoms with E-state index < -0.39 is 12.2 Å². The Labute approximate surface area is 89.0 Å². The van der Waals surface area contributed by atoms with Gasteiger partial charge in [-0.1, -0.05) is 0 Å². The Morgan fingerprint density at radius 3 is 2.13 bits per heavy atom. The summed E-state index contributed by atoms with van der Waals surface area (Å²) in [5, 5.41) is 0. The lowest BCUT2D eigenvalue weighted by atomic mass is 10.0. The maximum absolute atomic E-state index is 12.5. The Kier molecular flexibility index (Phi) is 4.00. The molecule has 0 aromatic carbocycles. The zero-order valence-corrected chi connectivity index (χ0v) is 9.51. The van der Waals surface area contributed by atoms with E-state index in [0.29, 0.717) is 0 Å². The van der Waals surface area contributed by atoms with Crippen LogP contribution in [0.2, 0.25) is 0 Å². The van der Waals surface area contributed by atoms with Crippen molar-refractivity contribution in [3.63, 3.8) is 0 Å². The molecule has 0 bridgehead atoms. The van der Waals surface area contributed by atoms with Gasteiger partial charge < -0.3 is 4.90 Å². The molecule has 0 aliphatic carbocycles. The third-order valence-corrected chi connectivity index (χ3v) is 3.35. The smallest absolute Gasteiger partial charge is 0.306 e. The van der Waals surface area contributed by atoms with Gasteiger partial charge in [-0.15, -0.1) is 0 Å². The van der Waals surface area contributed by atoms with Gasteiger partial charge in [-0.3, -0.25) is 4.90 Å². The summed E-state index contributed by atoms with van der Waals surface area (Å²) in [5.74, 6) is 0. The highest BCUT2D eigenvalue weighted by atomic mass is 19.4. The third-order valence-electron chi connectivity index (χ3n) is 3.35. The molecule has 1 saturated heterocycles. The number of rotatable bonds is 2. The van der Waals surface area contributed by atoms with Crippen LogP contribution >= 0.6 is 0 Å². The van der Waals surface area contributed by atoms with Crippen LogP contribution < -0.4 is 0 Å². The van der Waals surface area contributed by atoms with E-state index >= 15 is 0 Å². The van der Waals surface area contributed by atoms with Gasteiger partial charge in [-0.05, 0) is 47.0 Å². The van der Waals surface area contributed by atoms with Crippen molar-refractivity contribution in [1.82, 2.24) is 9.80 Å². The molecule has 1 aliphatic heterocycles. The Morgan fingerprint density at radius 1 is 1.27 bits per heavy atom. The van der Waals surface area contributed by atoms with Crippen LogP contribution in [0, 0.1) is 0 Å². The second-order valence-corrected chi connectivity index (χ2v) is 4.42. The van der Waals surface area contributed by atoms with E-state index in [1.54, 1.807) is 7.05 Å². The van der Waals surface area contributed by atoms with Crippen LogP contribution in [0.25, 0.3) is 0 Å². The van der Waals surface area contributed by atoms with Crippen LogP contribution in [0.1, 0.15) is 19.8 Å². The first-order chi connectivity index (χ1) is 6.82. The minimum Gasteiger partial charge on any atom is -0.306 e. The molecule has 15 heavy (non-hydrogen) atoms. The molecule has 0 N–H and O–H groups in total. The number of piperidine rings is 1. The van der Waals surface area contributed by atoms with Crippen LogP contribution in [0.5, 0.6) is 0 Å². The quantitative estimate of drug-likeness (QED) is 0.707. The van der Waals surface area contributed by atoms with Crippen LogP contribution in [0.4, 0.5) is 13.2 Å². The maximum Gasteiger partial charge on any atom is 0.403 e. The Balaban J connectivity index is 2.50. The van der Waals surface area contributed by atoms with Gasteiger partial charge >= 0.3 is 6.18 Å². The molecular weight excluding hydrogens is 205 g/mol. The standard InChI is InChI=1S/C10H19F3N2/c1-8(10(11,12)13)15(3)9-4-6-14(2)7-5-9/h8-9H,4-7H2,1-3H3. The fraction of sp³-hybridized carbons (Fsp3) is 1.00. The fourth-order valence-electron chi connectivity index (χ4n) is 1.95. The molecule has 1 unspecified atom stereocenters. The van der Waals surface area contributed by atoms with E-state index in [-0.39, 0.29) is 6.04 Å². The van der Waals surface area contributed by atoms with Gasteiger partial charge in [-0.2, -0.15) is 13.2 Å². The van der Waals surface area contributed by atoms with Crippen LogP contribution in [0.3, 0.4) is 0 Å². The third kappa shape index (κ3) is 3.34. The van der Waals surface area contributed by atoms with Crippen molar-refractivity contribution >= 4 is 0 Å². The number of nitrogens with zero attached hydrogens (tertiary/aromatic N) is 2. The zero-order chi connectivity index (χ0) is 11.6. The minimum absolute atomic E-state index is 0.0674. The minimum atomic E-state index is -4.11. The molecule has 5 heteroatoms. The SMILES string of the molecule is CC(N(C)C1CCN(C)CC1)C(F)(F)F. The van der Waals surface area contributed by atoms with Crippen LogP contribution in [-0.2, 0) is 0 Å². The first-order valence-electron chi connectivity index (χ1n) is 5.29. The molecule has 90 valence electrons. The van der Waals surface area contributed by atoms with Gasteiger partial charge in [0.1, 0.15) is 6.04 Å². The van der Waals surface area contributed by atoms with Gasteiger partial charge in [0.05, 0.1) is 0 Å². The van der Waals surface area contributed by atoms with Crippen molar-refractivity contribution < 1.29 is 13.2 Å². The second-order valence-electron chi connectivity index (χ2n) is 4.42. The van der Waals surface area contributed by atoms with E-state index in [4.69, 9.17) is 0 Å². The molecule has 0 spiro atoms. The summed E-state index contributed by atoms with van der Waals surface area (Å²) in [4.78, 5) is 3.62. The summed E-state index contributed by atoms with van der Waals surface area (Å²) in [6, 6.07) is -1.27. The molecule has 0 aromatic rings. The lowest BCUT2D eigenvalue weighted by Crippen LogP contribution is -2.50. The van der Waals surface area contributed by atoms with E-state index in [9.17, 15) is 13.2 Å². The molecule has 0 radical (unpaired) electrons. The van der Waals surface area contributed by atoms with E-state index in [1.165, 1.54) is 11.8 Å². The molecule has 1 atom stereocenters. The van der Waals surface area contributed by atoms with E-state index in [1.807, 2.05) is 7.05 Å². The van der Waals surface area contributed by atoms with Crippen molar-refractivity contribution in [2.75, 3.05) is 27.2 Å². The second kappa shape index (κ2) is 4.70. The predicted molar refractivity (Wildman–Crippen MR) is 53.8 cm³/mol. The summed E-state index contributed by atoms with van der Waals surface area (Å²) in [5.41, 5.74) is 0. The topological polar surface area (TPSA) is 6.48 Å². The first kappa shape index (κ1) is 12.8. The Hall–Kier alpha value is -0.290. The zero-order valence-electron chi connectivity index (χ0n) is 9.51. The van der Waals surface area contributed by atoms with Crippen molar-refractivity contribution in [3.05, 3.63) is 0 Å². The molecule has 1 heterocycles. The highest BCUT2D eigenvalue weighted by Crippen LogP contribution is 2.27. The highest BCUT2D eigenvalue weighted by Gasteiger charge is 2.41. The number of alkyl halides is 3. The normalized spacial score (nSPS) is 23.4. The van der Waals surface area contributed by atoms with Gasteiger partial charge in [-0.25, -0.2) is 0 Å². The first-order valence-corrected chi connectivity index (χ1v) is 5.29. The van der Waals surface area contributed by atoms with Gasteiger partial charge in [0, 0.05) is 6.04 Å². The average molecular weight is 224 g/mol.